The van der Waals surface area contributed by atoms with Crippen molar-refractivity contribution in [3.63, 3.8) is 0 Å². The highest BCUT2D eigenvalue weighted by molar-refractivity contribution is 7.90. The van der Waals surface area contributed by atoms with E-state index in [0.717, 1.165) is 4.31 Å². The number of pyridine rings is 1. The van der Waals surface area contributed by atoms with Gasteiger partial charge in [-0.15, -0.1) is 0 Å². The molecule has 8 nitrogen and oxygen atoms in total. The number of amides is 1. The first kappa shape index (κ1) is 19.0. The Hall–Kier alpha value is -2.30. The first-order chi connectivity index (χ1) is 11.6. The average molecular weight is 383 g/mol. The van der Waals surface area contributed by atoms with Crippen molar-refractivity contribution < 1.29 is 21.6 Å². The van der Waals surface area contributed by atoms with Gasteiger partial charge in [0.25, 0.3) is 10.0 Å². The largest absolute Gasteiger partial charge is 0.281 e. The highest BCUT2D eigenvalue weighted by atomic mass is 32.2. The third kappa shape index (κ3) is 4.41. The molecule has 0 spiro atoms. The molecular formula is C15H17N3O5S2. The Morgan fingerprint density at radius 3 is 2.32 bits per heavy atom. The van der Waals surface area contributed by atoms with E-state index in [-0.39, 0.29) is 9.92 Å². The molecule has 2 rings (SSSR count). The smallest absolute Gasteiger partial charge is 0.272 e. The summed E-state index contributed by atoms with van der Waals surface area (Å²) in [5, 5.41) is -0.281. The summed E-state index contributed by atoms with van der Waals surface area (Å²) in [5.74, 6) is -0.980. The van der Waals surface area contributed by atoms with Crippen LogP contribution < -0.4 is 4.72 Å². The highest BCUT2D eigenvalue weighted by Gasteiger charge is 2.26. The molecule has 1 N–H and O–H groups in total. The Balaban J connectivity index is 2.14. The van der Waals surface area contributed by atoms with Crippen molar-refractivity contribution in [1.82, 2.24) is 14.0 Å². The van der Waals surface area contributed by atoms with Crippen molar-refractivity contribution in [3.05, 3.63) is 54.2 Å². The molecule has 1 aromatic carbocycles. The van der Waals surface area contributed by atoms with Crippen LogP contribution in [0, 0.1) is 6.92 Å². The first-order valence-corrected chi connectivity index (χ1v) is 10.1. The Kier molecular flexibility index (Phi) is 5.55. The van der Waals surface area contributed by atoms with E-state index in [0.29, 0.717) is 5.56 Å². The molecule has 10 heteroatoms. The number of benzene rings is 1. The van der Waals surface area contributed by atoms with Crippen molar-refractivity contribution in [1.29, 1.82) is 0 Å². The number of carbonyl (C=O) groups excluding carboxylic acids is 1. The van der Waals surface area contributed by atoms with Crippen molar-refractivity contribution >= 4 is 26.0 Å². The van der Waals surface area contributed by atoms with Gasteiger partial charge in [0.1, 0.15) is 0 Å². The van der Waals surface area contributed by atoms with E-state index in [1.807, 2.05) is 4.72 Å². The molecule has 0 saturated heterocycles. The number of nitrogens with zero attached hydrogens (tertiary/aromatic N) is 2. The molecule has 0 aliphatic heterocycles. The van der Waals surface area contributed by atoms with Gasteiger partial charge in [-0.05, 0) is 30.7 Å². The summed E-state index contributed by atoms with van der Waals surface area (Å²) in [6.07, 6.45) is 1.29. The van der Waals surface area contributed by atoms with Crippen LogP contribution in [0.15, 0.2) is 58.6 Å². The molecule has 0 aliphatic carbocycles. The molecule has 0 bridgehead atoms. The van der Waals surface area contributed by atoms with E-state index < -0.39 is 32.5 Å². The molecule has 25 heavy (non-hydrogen) atoms. The van der Waals surface area contributed by atoms with E-state index in [2.05, 4.69) is 4.98 Å². The average Bonchev–Trinajstić information content (AvgIpc) is 2.55. The van der Waals surface area contributed by atoms with E-state index in [4.69, 9.17) is 0 Å². The molecule has 0 fully saturated rings. The molecule has 2 aromatic rings. The second kappa shape index (κ2) is 7.30. The number of aromatic nitrogens is 1. The number of sulfonamides is 2. The summed E-state index contributed by atoms with van der Waals surface area (Å²) >= 11 is 0. The van der Waals surface area contributed by atoms with Crippen molar-refractivity contribution in [2.24, 2.45) is 0 Å². The van der Waals surface area contributed by atoms with Gasteiger partial charge < -0.3 is 0 Å². The van der Waals surface area contributed by atoms with Crippen molar-refractivity contribution in [2.75, 3.05) is 13.6 Å². The van der Waals surface area contributed by atoms with E-state index in [1.54, 1.807) is 24.3 Å². The maximum absolute atomic E-state index is 12.3. The lowest BCUT2D eigenvalue weighted by molar-refractivity contribution is -0.119. The van der Waals surface area contributed by atoms with Gasteiger partial charge in [0.15, 0.2) is 5.03 Å². The van der Waals surface area contributed by atoms with Crippen LogP contribution in [0.3, 0.4) is 0 Å². The van der Waals surface area contributed by atoms with Gasteiger partial charge in [0, 0.05) is 13.2 Å². The topological polar surface area (TPSA) is 114 Å². The van der Waals surface area contributed by atoms with Gasteiger partial charge in [-0.3, -0.25) is 4.79 Å². The van der Waals surface area contributed by atoms with Crippen LogP contribution in [0.5, 0.6) is 0 Å². The lowest BCUT2D eigenvalue weighted by atomic mass is 10.3. The number of hydrogen-bond donors (Lipinski definition) is 1. The predicted molar refractivity (Wildman–Crippen MR) is 90.6 cm³/mol. The molecule has 0 aliphatic rings. The van der Waals surface area contributed by atoms with E-state index >= 15 is 0 Å². The molecule has 0 radical (unpaired) electrons. The normalized spacial score (nSPS) is 12.1. The van der Waals surface area contributed by atoms with Gasteiger partial charge in [0.2, 0.25) is 15.9 Å². The second-order valence-electron chi connectivity index (χ2n) is 5.23. The molecule has 0 unspecified atom stereocenters. The minimum Gasteiger partial charge on any atom is -0.272 e. The molecular weight excluding hydrogens is 366 g/mol. The first-order valence-electron chi connectivity index (χ1n) is 7.13. The monoisotopic (exact) mass is 383 g/mol. The third-order valence-electron chi connectivity index (χ3n) is 3.28. The fourth-order valence-electron chi connectivity index (χ4n) is 2.04. The molecule has 1 amide bonds. The third-order valence-corrected chi connectivity index (χ3v) is 6.53. The number of hydrogen-bond acceptors (Lipinski definition) is 6. The summed E-state index contributed by atoms with van der Waals surface area (Å²) in [6.45, 7) is 0.889. The lowest BCUT2D eigenvalue weighted by Crippen LogP contribution is -2.41. The SMILES string of the molecule is Cc1cccnc1S(=O)(=O)NC(=O)CN(C)S(=O)(=O)c1ccccc1. The van der Waals surface area contributed by atoms with Crippen LogP contribution in [-0.4, -0.2) is 45.6 Å². The minimum atomic E-state index is -4.18. The number of carbonyl (C=O) groups is 1. The van der Waals surface area contributed by atoms with Crippen LogP contribution in [0.25, 0.3) is 0 Å². The van der Waals surface area contributed by atoms with Crippen LogP contribution in [0.4, 0.5) is 0 Å². The van der Waals surface area contributed by atoms with E-state index in [1.165, 1.54) is 38.4 Å². The number of rotatable bonds is 6. The standard InChI is InChI=1S/C15H17N3O5S2/c1-12-7-6-10-16-15(12)24(20,21)17-14(19)11-18(2)25(22,23)13-8-4-3-5-9-13/h3-10H,11H2,1-2H3,(H,17,19). The Morgan fingerprint density at radius 1 is 1.08 bits per heavy atom. The zero-order valence-electron chi connectivity index (χ0n) is 13.6. The molecule has 1 aromatic heterocycles. The molecule has 0 atom stereocenters. The summed E-state index contributed by atoms with van der Waals surface area (Å²) in [6, 6.07) is 10.6. The lowest BCUT2D eigenvalue weighted by Gasteiger charge is -2.17. The summed E-state index contributed by atoms with van der Waals surface area (Å²) in [5.41, 5.74) is 0.369. The second-order valence-corrected chi connectivity index (χ2v) is 8.87. The Bertz CT molecular complexity index is 973. The van der Waals surface area contributed by atoms with Crippen molar-refractivity contribution in [2.45, 2.75) is 16.8 Å². The fraction of sp³-hybridized carbons (Fsp3) is 0.200. The predicted octanol–water partition coefficient (Wildman–Crippen LogP) is 0.516. The molecule has 134 valence electrons. The summed E-state index contributed by atoms with van der Waals surface area (Å²) in [4.78, 5) is 15.8. The zero-order chi connectivity index (χ0) is 18.7. The Morgan fingerprint density at radius 2 is 1.72 bits per heavy atom. The minimum absolute atomic E-state index is 0.00808. The summed E-state index contributed by atoms with van der Waals surface area (Å²) in [7, 11) is -6.88. The van der Waals surface area contributed by atoms with Gasteiger partial charge >= 0.3 is 0 Å². The quantitative estimate of drug-likeness (QED) is 0.778. The van der Waals surface area contributed by atoms with Crippen molar-refractivity contribution in [3.8, 4) is 0 Å². The molecule has 1 heterocycles. The number of nitrogens with one attached hydrogen (secondary N) is 1. The number of aryl methyl sites for hydroxylation is 1. The maximum Gasteiger partial charge on any atom is 0.281 e. The Labute approximate surface area is 146 Å². The van der Waals surface area contributed by atoms with Crippen LogP contribution >= 0.6 is 0 Å². The molecule has 0 saturated carbocycles. The summed E-state index contributed by atoms with van der Waals surface area (Å²) < 4.78 is 51.7. The number of likely N-dealkylation sites (N-methyl/N-ethyl adjacent to an activating group) is 1. The van der Waals surface area contributed by atoms with Gasteiger partial charge in [-0.2, -0.15) is 12.7 Å². The maximum atomic E-state index is 12.3. The fourth-order valence-corrected chi connectivity index (χ4v) is 4.34. The van der Waals surface area contributed by atoms with Gasteiger partial charge in [0.05, 0.1) is 11.4 Å². The van der Waals surface area contributed by atoms with Crippen LogP contribution in [-0.2, 0) is 24.8 Å². The van der Waals surface area contributed by atoms with Crippen LogP contribution in [0.2, 0.25) is 0 Å². The zero-order valence-corrected chi connectivity index (χ0v) is 15.2. The van der Waals surface area contributed by atoms with Crippen LogP contribution in [0.1, 0.15) is 5.56 Å². The van der Waals surface area contributed by atoms with Gasteiger partial charge in [-0.1, -0.05) is 24.3 Å². The van der Waals surface area contributed by atoms with Gasteiger partial charge in [-0.25, -0.2) is 18.1 Å². The van der Waals surface area contributed by atoms with E-state index in [9.17, 15) is 21.6 Å². The highest BCUT2D eigenvalue weighted by Crippen LogP contribution is 2.14.